The van der Waals surface area contributed by atoms with E-state index in [0.717, 1.165) is 56.5 Å². The van der Waals surface area contributed by atoms with Gasteiger partial charge in [-0.2, -0.15) is 5.10 Å². The number of aromatic nitrogens is 2. The van der Waals surface area contributed by atoms with Crippen LogP contribution in [0.1, 0.15) is 54.8 Å². The lowest BCUT2D eigenvalue weighted by Crippen LogP contribution is -2.32. The van der Waals surface area contributed by atoms with E-state index in [9.17, 15) is 5.11 Å². The first-order valence-electron chi connectivity index (χ1n) is 7.37. The van der Waals surface area contributed by atoms with Gasteiger partial charge in [-0.3, -0.25) is 4.68 Å². The van der Waals surface area contributed by atoms with Crippen LogP contribution in [0.4, 0.5) is 0 Å². The van der Waals surface area contributed by atoms with Crippen molar-refractivity contribution >= 4 is 0 Å². The predicted molar refractivity (Wildman–Crippen MR) is 73.8 cm³/mol. The molecule has 5 nitrogen and oxygen atoms in total. The van der Waals surface area contributed by atoms with Crippen LogP contribution < -0.4 is 5.73 Å². The van der Waals surface area contributed by atoms with E-state index < -0.39 is 0 Å². The molecule has 0 spiro atoms. The maximum Gasteiger partial charge on any atom is 0.0826 e. The number of piperidine rings is 1. The minimum atomic E-state index is -0.359. The standard InChI is InChI=1S/C14H24N4O/c1-17-7-5-10(6-8-17)18-12-3-2-4-13(19)14(12)11(9-15)16-18/h10,13,19H,2-9,15H2,1H3. The first-order chi connectivity index (χ1) is 9.20. The summed E-state index contributed by atoms with van der Waals surface area (Å²) in [5.74, 6) is 0. The molecule has 0 amide bonds. The van der Waals surface area contributed by atoms with Crippen molar-refractivity contribution in [2.75, 3.05) is 20.1 Å². The topological polar surface area (TPSA) is 67.3 Å². The van der Waals surface area contributed by atoms with E-state index >= 15 is 0 Å². The summed E-state index contributed by atoms with van der Waals surface area (Å²) in [6, 6.07) is 0.482. The molecule has 1 atom stereocenters. The Hall–Kier alpha value is -0.910. The lowest BCUT2D eigenvalue weighted by molar-refractivity contribution is 0.153. The van der Waals surface area contributed by atoms with Crippen LogP contribution in [0.3, 0.4) is 0 Å². The normalized spacial score (nSPS) is 25.5. The van der Waals surface area contributed by atoms with Gasteiger partial charge in [0.25, 0.3) is 0 Å². The smallest absolute Gasteiger partial charge is 0.0826 e. The average Bonchev–Trinajstić information content (AvgIpc) is 2.80. The van der Waals surface area contributed by atoms with Gasteiger partial charge < -0.3 is 15.7 Å². The molecule has 1 aromatic rings. The van der Waals surface area contributed by atoms with Crippen molar-refractivity contribution in [1.29, 1.82) is 0 Å². The fraction of sp³-hybridized carbons (Fsp3) is 0.786. The van der Waals surface area contributed by atoms with Crippen LogP contribution in [0, 0.1) is 0 Å². The first kappa shape index (κ1) is 13.1. The van der Waals surface area contributed by atoms with Crippen molar-refractivity contribution in [2.24, 2.45) is 5.73 Å². The van der Waals surface area contributed by atoms with Crippen molar-refractivity contribution in [3.05, 3.63) is 17.0 Å². The number of fused-ring (bicyclic) bond motifs is 1. The van der Waals surface area contributed by atoms with Crippen molar-refractivity contribution < 1.29 is 5.11 Å². The van der Waals surface area contributed by atoms with Gasteiger partial charge in [0.15, 0.2) is 0 Å². The molecule has 3 N–H and O–H groups in total. The summed E-state index contributed by atoms with van der Waals surface area (Å²) in [7, 11) is 2.17. The van der Waals surface area contributed by atoms with Crippen LogP contribution in [-0.2, 0) is 13.0 Å². The maximum atomic E-state index is 10.2. The fourth-order valence-electron chi connectivity index (χ4n) is 3.47. The summed E-state index contributed by atoms with van der Waals surface area (Å²) in [4.78, 5) is 2.37. The Kier molecular flexibility index (Phi) is 3.60. The van der Waals surface area contributed by atoms with Gasteiger partial charge in [0.2, 0.25) is 0 Å². The van der Waals surface area contributed by atoms with Gasteiger partial charge in [0, 0.05) is 17.8 Å². The zero-order valence-corrected chi connectivity index (χ0v) is 11.7. The molecule has 0 radical (unpaired) electrons. The highest BCUT2D eigenvalue weighted by Gasteiger charge is 2.30. The van der Waals surface area contributed by atoms with Gasteiger partial charge in [-0.15, -0.1) is 0 Å². The summed E-state index contributed by atoms with van der Waals surface area (Å²) in [6.45, 7) is 2.68. The Labute approximate surface area is 114 Å². The number of nitrogens with zero attached hydrogens (tertiary/aromatic N) is 3. The summed E-state index contributed by atoms with van der Waals surface area (Å²) in [5.41, 5.74) is 8.99. The fourth-order valence-corrected chi connectivity index (χ4v) is 3.47. The van der Waals surface area contributed by atoms with E-state index in [2.05, 4.69) is 16.6 Å². The second-order valence-corrected chi connectivity index (χ2v) is 5.90. The van der Waals surface area contributed by atoms with Gasteiger partial charge in [-0.05, 0) is 52.2 Å². The Morgan fingerprint density at radius 2 is 2.05 bits per heavy atom. The van der Waals surface area contributed by atoms with E-state index in [1.54, 1.807) is 0 Å². The van der Waals surface area contributed by atoms with Crippen LogP contribution in [0.15, 0.2) is 0 Å². The zero-order chi connectivity index (χ0) is 13.4. The number of aliphatic hydroxyl groups is 1. The number of likely N-dealkylation sites (tertiary alicyclic amines) is 1. The minimum absolute atomic E-state index is 0.359. The number of hydrogen-bond donors (Lipinski definition) is 2. The van der Waals surface area contributed by atoms with Crippen LogP contribution >= 0.6 is 0 Å². The molecule has 1 aliphatic carbocycles. The average molecular weight is 264 g/mol. The number of rotatable bonds is 2. The summed E-state index contributed by atoms with van der Waals surface area (Å²) >= 11 is 0. The third-order valence-corrected chi connectivity index (χ3v) is 4.58. The second kappa shape index (κ2) is 5.23. The van der Waals surface area contributed by atoms with Crippen molar-refractivity contribution in [2.45, 2.75) is 50.8 Å². The summed E-state index contributed by atoms with van der Waals surface area (Å²) in [6.07, 6.45) is 4.86. The van der Waals surface area contributed by atoms with Crippen molar-refractivity contribution in [3.63, 3.8) is 0 Å². The van der Waals surface area contributed by atoms with Crippen molar-refractivity contribution in [1.82, 2.24) is 14.7 Å². The molecular weight excluding hydrogens is 240 g/mol. The molecule has 3 rings (SSSR count). The van der Waals surface area contributed by atoms with E-state index in [0.29, 0.717) is 12.6 Å². The van der Waals surface area contributed by atoms with Crippen LogP contribution in [0.25, 0.3) is 0 Å². The molecule has 5 heteroatoms. The van der Waals surface area contributed by atoms with Gasteiger partial charge in [-0.1, -0.05) is 0 Å². The molecular formula is C14H24N4O. The largest absolute Gasteiger partial charge is 0.388 e. The third-order valence-electron chi connectivity index (χ3n) is 4.58. The Morgan fingerprint density at radius 3 is 2.74 bits per heavy atom. The molecule has 1 aliphatic heterocycles. The van der Waals surface area contributed by atoms with Crippen LogP contribution in [0.5, 0.6) is 0 Å². The Balaban J connectivity index is 1.93. The quantitative estimate of drug-likeness (QED) is 0.835. The number of nitrogens with two attached hydrogens (primary N) is 1. The van der Waals surface area contributed by atoms with Gasteiger partial charge in [0.1, 0.15) is 0 Å². The van der Waals surface area contributed by atoms with E-state index in [1.165, 1.54) is 5.69 Å². The lowest BCUT2D eigenvalue weighted by atomic mass is 9.92. The maximum absolute atomic E-state index is 10.2. The highest BCUT2D eigenvalue weighted by molar-refractivity contribution is 5.31. The lowest BCUT2D eigenvalue weighted by Gasteiger charge is -2.31. The minimum Gasteiger partial charge on any atom is -0.388 e. The van der Waals surface area contributed by atoms with E-state index in [1.807, 2.05) is 0 Å². The molecule has 0 bridgehead atoms. The molecule has 1 fully saturated rings. The van der Waals surface area contributed by atoms with Gasteiger partial charge in [-0.25, -0.2) is 0 Å². The zero-order valence-electron chi connectivity index (χ0n) is 11.7. The number of hydrogen-bond acceptors (Lipinski definition) is 4. The molecule has 1 aromatic heterocycles. The highest BCUT2D eigenvalue weighted by Crippen LogP contribution is 2.35. The second-order valence-electron chi connectivity index (χ2n) is 5.90. The summed E-state index contributed by atoms with van der Waals surface area (Å²) in [5, 5.41) is 14.9. The third kappa shape index (κ3) is 2.30. The first-order valence-corrected chi connectivity index (χ1v) is 7.37. The molecule has 1 unspecified atom stereocenters. The molecule has 0 aromatic carbocycles. The SMILES string of the molecule is CN1CCC(n2nc(CN)c3c2CCCC3O)CC1. The van der Waals surface area contributed by atoms with Crippen LogP contribution in [0.2, 0.25) is 0 Å². The Bertz CT molecular complexity index is 449. The number of aliphatic hydroxyl groups excluding tert-OH is 1. The van der Waals surface area contributed by atoms with Gasteiger partial charge >= 0.3 is 0 Å². The molecule has 1 saturated heterocycles. The molecule has 0 saturated carbocycles. The molecule has 2 aliphatic rings. The molecule has 2 heterocycles. The van der Waals surface area contributed by atoms with E-state index in [-0.39, 0.29) is 6.10 Å². The Morgan fingerprint density at radius 1 is 1.32 bits per heavy atom. The predicted octanol–water partition coefficient (Wildman–Crippen LogP) is 0.978. The molecule has 106 valence electrons. The van der Waals surface area contributed by atoms with E-state index in [4.69, 9.17) is 10.8 Å². The van der Waals surface area contributed by atoms with Crippen molar-refractivity contribution in [3.8, 4) is 0 Å². The molecule has 19 heavy (non-hydrogen) atoms. The highest BCUT2D eigenvalue weighted by atomic mass is 16.3. The van der Waals surface area contributed by atoms with Crippen LogP contribution in [-0.4, -0.2) is 39.9 Å². The van der Waals surface area contributed by atoms with Gasteiger partial charge in [0.05, 0.1) is 17.8 Å². The monoisotopic (exact) mass is 264 g/mol. The summed E-state index contributed by atoms with van der Waals surface area (Å²) < 4.78 is 2.19.